The molecule has 7 heteroatoms. The number of hydrogen-bond donors (Lipinski definition) is 1. The lowest BCUT2D eigenvalue weighted by Crippen LogP contribution is -2.25. The highest BCUT2D eigenvalue weighted by molar-refractivity contribution is 6.03. The Hall–Kier alpha value is -2.96. The summed E-state index contributed by atoms with van der Waals surface area (Å²) >= 11 is 0. The average molecular weight is 354 g/mol. The van der Waals surface area contributed by atoms with Crippen molar-refractivity contribution < 1.29 is 14.3 Å². The van der Waals surface area contributed by atoms with Gasteiger partial charge in [-0.15, -0.1) is 10.2 Å². The summed E-state index contributed by atoms with van der Waals surface area (Å²) in [7, 11) is 1.31. The number of ether oxygens (including phenoxy) is 1. The highest BCUT2D eigenvalue weighted by Crippen LogP contribution is 2.17. The smallest absolute Gasteiger partial charge is 0.337 e. The zero-order valence-electron chi connectivity index (χ0n) is 14.8. The largest absolute Gasteiger partial charge is 0.465 e. The second-order valence-electron chi connectivity index (χ2n) is 6.20. The van der Waals surface area contributed by atoms with Gasteiger partial charge in [0.25, 0.3) is 5.91 Å². The number of aromatic nitrogens is 2. The molecule has 0 radical (unpaired) electrons. The lowest BCUT2D eigenvalue weighted by atomic mass is 10.2. The standard InChI is InChI=1S/C19H22N4O3/c1-26-19(25)14-7-6-8-15(13-14)20-18(24)16-9-10-17(22-21-16)23-11-4-2-3-5-12-23/h6-10,13H,2-5,11-12H2,1H3,(H,20,24). The van der Waals surface area contributed by atoms with Crippen molar-refractivity contribution in [1.29, 1.82) is 0 Å². The summed E-state index contributed by atoms with van der Waals surface area (Å²) in [6, 6.07) is 10.1. The summed E-state index contributed by atoms with van der Waals surface area (Å²) in [6.07, 6.45) is 4.80. The number of nitrogens with zero attached hydrogens (tertiary/aromatic N) is 3. The fourth-order valence-corrected chi connectivity index (χ4v) is 2.95. The van der Waals surface area contributed by atoms with Crippen molar-refractivity contribution in [2.45, 2.75) is 25.7 Å². The number of rotatable bonds is 4. The highest BCUT2D eigenvalue weighted by atomic mass is 16.5. The lowest BCUT2D eigenvalue weighted by Gasteiger charge is -2.20. The molecular weight excluding hydrogens is 332 g/mol. The molecule has 1 N–H and O–H groups in total. The Morgan fingerprint density at radius 2 is 1.81 bits per heavy atom. The molecule has 1 aliphatic rings. The van der Waals surface area contributed by atoms with Crippen LogP contribution in [0.2, 0.25) is 0 Å². The summed E-state index contributed by atoms with van der Waals surface area (Å²) in [5.74, 6) is -0.0271. The van der Waals surface area contributed by atoms with Crippen LogP contribution < -0.4 is 10.2 Å². The third kappa shape index (κ3) is 4.36. The zero-order valence-corrected chi connectivity index (χ0v) is 14.8. The van der Waals surface area contributed by atoms with E-state index < -0.39 is 5.97 Å². The summed E-state index contributed by atoms with van der Waals surface area (Å²) in [5, 5.41) is 11.0. The van der Waals surface area contributed by atoms with E-state index in [-0.39, 0.29) is 11.6 Å². The molecule has 0 aliphatic carbocycles. The van der Waals surface area contributed by atoms with Crippen LogP contribution >= 0.6 is 0 Å². The highest BCUT2D eigenvalue weighted by Gasteiger charge is 2.14. The number of carbonyl (C=O) groups is 2. The molecule has 136 valence electrons. The van der Waals surface area contributed by atoms with Crippen LogP contribution in [0.5, 0.6) is 0 Å². The van der Waals surface area contributed by atoms with Gasteiger partial charge in [0.2, 0.25) is 0 Å². The second-order valence-corrected chi connectivity index (χ2v) is 6.20. The number of hydrogen-bond acceptors (Lipinski definition) is 6. The summed E-state index contributed by atoms with van der Waals surface area (Å²) < 4.78 is 4.68. The number of anilines is 2. The number of methoxy groups -OCH3 is 1. The fraction of sp³-hybridized carbons (Fsp3) is 0.368. The van der Waals surface area contributed by atoms with E-state index in [1.165, 1.54) is 20.0 Å². The molecule has 3 rings (SSSR count). The predicted octanol–water partition coefficient (Wildman–Crippen LogP) is 2.90. The Kier molecular flexibility index (Phi) is 5.78. The first-order chi connectivity index (χ1) is 12.7. The lowest BCUT2D eigenvalue weighted by molar-refractivity contribution is 0.0600. The van der Waals surface area contributed by atoms with Crippen LogP contribution in [0, 0.1) is 0 Å². The van der Waals surface area contributed by atoms with Gasteiger partial charge in [0, 0.05) is 18.8 Å². The number of carbonyl (C=O) groups excluding carboxylic acids is 2. The van der Waals surface area contributed by atoms with Crippen molar-refractivity contribution in [3.63, 3.8) is 0 Å². The molecule has 0 unspecified atom stereocenters. The van der Waals surface area contributed by atoms with Gasteiger partial charge in [0.05, 0.1) is 12.7 Å². The Balaban J connectivity index is 1.67. The SMILES string of the molecule is COC(=O)c1cccc(NC(=O)c2ccc(N3CCCCCC3)nn2)c1. The summed E-state index contributed by atoms with van der Waals surface area (Å²) in [6.45, 7) is 1.95. The molecule has 0 spiro atoms. The molecule has 0 atom stereocenters. The normalized spacial score (nSPS) is 14.4. The van der Waals surface area contributed by atoms with Gasteiger partial charge in [0.15, 0.2) is 11.5 Å². The van der Waals surface area contributed by atoms with Crippen molar-refractivity contribution in [1.82, 2.24) is 10.2 Å². The van der Waals surface area contributed by atoms with Gasteiger partial charge in [0.1, 0.15) is 0 Å². The van der Waals surface area contributed by atoms with Crippen LogP contribution in [-0.4, -0.2) is 42.3 Å². The molecule has 1 aromatic carbocycles. The number of esters is 1. The maximum absolute atomic E-state index is 12.4. The molecule has 1 saturated heterocycles. The van der Waals surface area contributed by atoms with Crippen LogP contribution in [0.4, 0.5) is 11.5 Å². The molecule has 1 aromatic heterocycles. The zero-order chi connectivity index (χ0) is 18.4. The van der Waals surface area contributed by atoms with Crippen LogP contribution in [0.25, 0.3) is 0 Å². The van der Waals surface area contributed by atoms with Crippen molar-refractivity contribution in [3.8, 4) is 0 Å². The van der Waals surface area contributed by atoms with Crippen molar-refractivity contribution in [3.05, 3.63) is 47.7 Å². The maximum Gasteiger partial charge on any atom is 0.337 e. The third-order valence-electron chi connectivity index (χ3n) is 4.35. The molecule has 0 bridgehead atoms. The monoisotopic (exact) mass is 354 g/mol. The van der Waals surface area contributed by atoms with Crippen LogP contribution in [0.1, 0.15) is 46.5 Å². The topological polar surface area (TPSA) is 84.4 Å². The van der Waals surface area contributed by atoms with E-state index in [0.717, 1.165) is 31.7 Å². The van der Waals surface area contributed by atoms with E-state index in [0.29, 0.717) is 11.3 Å². The second kappa shape index (κ2) is 8.42. The number of nitrogens with one attached hydrogen (secondary N) is 1. The molecule has 1 amide bonds. The van der Waals surface area contributed by atoms with Crippen LogP contribution in [-0.2, 0) is 4.74 Å². The molecule has 1 aliphatic heterocycles. The van der Waals surface area contributed by atoms with Gasteiger partial charge in [-0.25, -0.2) is 4.79 Å². The van der Waals surface area contributed by atoms with Crippen LogP contribution in [0.3, 0.4) is 0 Å². The first-order valence-corrected chi connectivity index (χ1v) is 8.76. The van der Waals surface area contributed by atoms with Gasteiger partial charge < -0.3 is 15.0 Å². The number of amides is 1. The minimum Gasteiger partial charge on any atom is -0.465 e. The van der Waals surface area contributed by atoms with E-state index in [9.17, 15) is 9.59 Å². The van der Waals surface area contributed by atoms with Crippen LogP contribution in [0.15, 0.2) is 36.4 Å². The first kappa shape index (κ1) is 17.8. The Bertz CT molecular complexity index is 769. The third-order valence-corrected chi connectivity index (χ3v) is 4.35. The quantitative estimate of drug-likeness (QED) is 0.850. The van der Waals surface area contributed by atoms with Gasteiger partial charge in [-0.2, -0.15) is 0 Å². The predicted molar refractivity (Wildman–Crippen MR) is 98.4 cm³/mol. The summed E-state index contributed by atoms with van der Waals surface area (Å²) in [4.78, 5) is 26.1. The molecule has 26 heavy (non-hydrogen) atoms. The van der Waals surface area contributed by atoms with Crippen molar-refractivity contribution in [2.75, 3.05) is 30.4 Å². The Labute approximate surface area is 152 Å². The van der Waals surface area contributed by atoms with Gasteiger partial charge in [-0.05, 0) is 43.2 Å². The van der Waals surface area contributed by atoms with E-state index in [1.807, 2.05) is 6.07 Å². The van der Waals surface area contributed by atoms with Gasteiger partial charge >= 0.3 is 5.97 Å². The first-order valence-electron chi connectivity index (χ1n) is 8.76. The molecule has 2 heterocycles. The maximum atomic E-state index is 12.4. The van der Waals surface area contributed by atoms with E-state index in [1.54, 1.807) is 30.3 Å². The molecule has 0 saturated carbocycles. The Morgan fingerprint density at radius 3 is 2.46 bits per heavy atom. The molecular formula is C19H22N4O3. The van der Waals surface area contributed by atoms with Crippen molar-refractivity contribution >= 4 is 23.4 Å². The van der Waals surface area contributed by atoms with E-state index in [4.69, 9.17) is 0 Å². The minimum atomic E-state index is -0.456. The van der Waals surface area contributed by atoms with Gasteiger partial charge in [-0.3, -0.25) is 4.79 Å². The van der Waals surface area contributed by atoms with Crippen molar-refractivity contribution in [2.24, 2.45) is 0 Å². The fourth-order valence-electron chi connectivity index (χ4n) is 2.95. The molecule has 1 fully saturated rings. The van der Waals surface area contributed by atoms with E-state index >= 15 is 0 Å². The average Bonchev–Trinajstić information content (AvgIpc) is 2.97. The Morgan fingerprint density at radius 1 is 1.04 bits per heavy atom. The minimum absolute atomic E-state index is 0.229. The van der Waals surface area contributed by atoms with Gasteiger partial charge in [-0.1, -0.05) is 18.9 Å². The molecule has 2 aromatic rings. The number of benzene rings is 1. The van der Waals surface area contributed by atoms with E-state index in [2.05, 4.69) is 25.2 Å². The molecule has 7 nitrogen and oxygen atoms in total. The summed E-state index contributed by atoms with van der Waals surface area (Å²) in [5.41, 5.74) is 1.09.